The highest BCUT2D eigenvalue weighted by molar-refractivity contribution is 5.84. The Hall–Kier alpha value is -2.10. The van der Waals surface area contributed by atoms with E-state index in [4.69, 9.17) is 5.11 Å². The van der Waals surface area contributed by atoms with Crippen LogP contribution in [-0.2, 0) is 22.7 Å². The Morgan fingerprint density at radius 1 is 1.27 bits per heavy atom. The molecule has 0 saturated carbocycles. The van der Waals surface area contributed by atoms with Crippen LogP contribution in [0.2, 0.25) is 0 Å². The van der Waals surface area contributed by atoms with Gasteiger partial charge >= 0.3 is 5.97 Å². The Bertz CT molecular complexity index is 604. The number of amides is 1. The van der Waals surface area contributed by atoms with E-state index in [1.165, 1.54) is 5.56 Å². The summed E-state index contributed by atoms with van der Waals surface area (Å²) in [5.74, 6) is -0.624. The topological polar surface area (TPSA) is 57.6 Å². The van der Waals surface area contributed by atoms with Crippen molar-refractivity contribution in [1.82, 2.24) is 4.90 Å². The molecule has 0 aliphatic carbocycles. The zero-order chi connectivity index (χ0) is 16.1. The van der Waals surface area contributed by atoms with Crippen molar-refractivity contribution in [3.63, 3.8) is 0 Å². The van der Waals surface area contributed by atoms with E-state index in [0.717, 1.165) is 29.5 Å². The number of hydrogen-bond acceptors (Lipinski definition) is 2. The van der Waals surface area contributed by atoms with Gasteiger partial charge in [-0.1, -0.05) is 31.6 Å². The second-order valence-corrected chi connectivity index (χ2v) is 5.72. The van der Waals surface area contributed by atoms with Crippen molar-refractivity contribution in [2.24, 2.45) is 0 Å². The van der Waals surface area contributed by atoms with Crippen molar-refractivity contribution in [1.29, 1.82) is 0 Å². The van der Waals surface area contributed by atoms with Crippen LogP contribution in [0.25, 0.3) is 5.57 Å². The molecule has 1 amide bonds. The highest BCUT2D eigenvalue weighted by Gasteiger charge is 2.23. The lowest BCUT2D eigenvalue weighted by molar-refractivity contribution is -0.135. The molecule has 2 rings (SSSR count). The van der Waals surface area contributed by atoms with Gasteiger partial charge in [0.1, 0.15) is 0 Å². The molecule has 1 aromatic carbocycles. The fraction of sp³-hybridized carbons (Fsp3) is 0.444. The molecule has 4 nitrogen and oxygen atoms in total. The average Bonchev–Trinajstić information content (AvgIpc) is 2.93. The Morgan fingerprint density at radius 3 is 2.64 bits per heavy atom. The normalized spacial score (nSPS) is 14.1. The van der Waals surface area contributed by atoms with E-state index in [-0.39, 0.29) is 12.3 Å². The van der Waals surface area contributed by atoms with Crippen molar-refractivity contribution in [3.8, 4) is 0 Å². The number of hydrogen-bond donors (Lipinski definition) is 1. The van der Waals surface area contributed by atoms with Gasteiger partial charge in [0, 0.05) is 19.5 Å². The van der Waals surface area contributed by atoms with Gasteiger partial charge < -0.3 is 10.0 Å². The lowest BCUT2D eigenvalue weighted by Gasteiger charge is -2.14. The Morgan fingerprint density at radius 2 is 2.00 bits per heavy atom. The van der Waals surface area contributed by atoms with Crippen LogP contribution in [-0.4, -0.2) is 21.9 Å². The summed E-state index contributed by atoms with van der Waals surface area (Å²) >= 11 is 0. The fourth-order valence-electron chi connectivity index (χ4n) is 2.79. The fourth-order valence-corrected chi connectivity index (χ4v) is 2.79. The van der Waals surface area contributed by atoms with Crippen LogP contribution in [0.4, 0.5) is 0 Å². The van der Waals surface area contributed by atoms with Crippen LogP contribution < -0.4 is 0 Å². The van der Waals surface area contributed by atoms with Crippen LogP contribution in [0, 0.1) is 0 Å². The maximum atomic E-state index is 12.1. The Kier molecular flexibility index (Phi) is 5.36. The number of fused-ring (bicyclic) bond motifs is 1. The first-order valence-corrected chi connectivity index (χ1v) is 7.82. The second-order valence-electron chi connectivity index (χ2n) is 5.72. The number of aliphatic carboxylic acids is 1. The lowest BCUT2D eigenvalue weighted by atomic mass is 9.98. The highest BCUT2D eigenvalue weighted by Crippen LogP contribution is 2.28. The summed E-state index contributed by atoms with van der Waals surface area (Å²) in [5.41, 5.74) is 4.05. The van der Waals surface area contributed by atoms with Gasteiger partial charge in [-0.3, -0.25) is 9.59 Å². The molecule has 0 aromatic heterocycles. The Balaban J connectivity index is 2.12. The van der Waals surface area contributed by atoms with Gasteiger partial charge in [0.05, 0.1) is 6.42 Å². The molecule has 1 heterocycles. The molecule has 0 radical (unpaired) electrons. The number of carbonyl (C=O) groups excluding carboxylic acids is 1. The van der Waals surface area contributed by atoms with Gasteiger partial charge in [-0.15, -0.1) is 0 Å². The van der Waals surface area contributed by atoms with Crippen molar-refractivity contribution in [3.05, 3.63) is 41.0 Å². The zero-order valence-corrected chi connectivity index (χ0v) is 13.3. The summed E-state index contributed by atoms with van der Waals surface area (Å²) < 4.78 is 0. The SMILES string of the molecule is C/C=C(\CC(=O)O)c1ccc2c(c1)CN(C(=O)CCCC)C2. The second kappa shape index (κ2) is 7.25. The van der Waals surface area contributed by atoms with Crippen LogP contribution in [0.3, 0.4) is 0 Å². The molecule has 0 fully saturated rings. The quantitative estimate of drug-likeness (QED) is 0.873. The number of nitrogens with zero attached hydrogens (tertiary/aromatic N) is 1. The lowest BCUT2D eigenvalue weighted by Crippen LogP contribution is -2.24. The smallest absolute Gasteiger partial charge is 0.307 e. The number of carboxylic acid groups (broad SMARTS) is 1. The predicted octanol–water partition coefficient (Wildman–Crippen LogP) is 3.60. The van der Waals surface area contributed by atoms with Gasteiger partial charge in [0.2, 0.25) is 5.91 Å². The van der Waals surface area contributed by atoms with Crippen molar-refractivity contribution < 1.29 is 14.7 Å². The van der Waals surface area contributed by atoms with Crippen molar-refractivity contribution in [2.45, 2.75) is 52.6 Å². The minimum Gasteiger partial charge on any atom is -0.481 e. The van der Waals surface area contributed by atoms with Gasteiger partial charge in [0.25, 0.3) is 0 Å². The van der Waals surface area contributed by atoms with Gasteiger partial charge in [-0.25, -0.2) is 0 Å². The largest absolute Gasteiger partial charge is 0.481 e. The number of benzene rings is 1. The van der Waals surface area contributed by atoms with E-state index in [1.54, 1.807) is 0 Å². The van der Waals surface area contributed by atoms with Crippen molar-refractivity contribution >= 4 is 17.4 Å². The van der Waals surface area contributed by atoms with E-state index < -0.39 is 5.97 Å². The summed E-state index contributed by atoms with van der Waals surface area (Å²) in [6.45, 7) is 5.24. The molecule has 22 heavy (non-hydrogen) atoms. The predicted molar refractivity (Wildman–Crippen MR) is 86.1 cm³/mol. The van der Waals surface area contributed by atoms with E-state index in [1.807, 2.05) is 36.1 Å². The van der Waals surface area contributed by atoms with Crippen LogP contribution in [0.5, 0.6) is 0 Å². The molecule has 1 aliphatic rings. The molecular weight excluding hydrogens is 278 g/mol. The minimum absolute atomic E-state index is 0.0223. The highest BCUT2D eigenvalue weighted by atomic mass is 16.4. The molecule has 1 aliphatic heterocycles. The van der Waals surface area contributed by atoms with Crippen LogP contribution in [0.15, 0.2) is 24.3 Å². The number of rotatable bonds is 6. The third-order valence-electron chi connectivity index (χ3n) is 4.09. The summed E-state index contributed by atoms with van der Waals surface area (Å²) in [6.07, 6.45) is 4.43. The molecule has 4 heteroatoms. The summed E-state index contributed by atoms with van der Waals surface area (Å²) in [4.78, 5) is 24.9. The third-order valence-corrected chi connectivity index (χ3v) is 4.09. The molecule has 118 valence electrons. The number of carboxylic acids is 1. The van der Waals surface area contributed by atoms with Crippen molar-refractivity contribution in [2.75, 3.05) is 0 Å². The van der Waals surface area contributed by atoms with Crippen LogP contribution >= 0.6 is 0 Å². The average molecular weight is 301 g/mol. The molecular formula is C18H23NO3. The maximum Gasteiger partial charge on any atom is 0.307 e. The van der Waals surface area contributed by atoms with Gasteiger partial charge in [-0.2, -0.15) is 0 Å². The van der Waals surface area contributed by atoms with E-state index in [0.29, 0.717) is 19.5 Å². The zero-order valence-electron chi connectivity index (χ0n) is 13.3. The molecule has 1 N–H and O–H groups in total. The van der Waals surface area contributed by atoms with Crippen LogP contribution in [0.1, 0.15) is 56.2 Å². The molecule has 0 unspecified atom stereocenters. The third kappa shape index (κ3) is 3.75. The molecule has 0 atom stereocenters. The number of allylic oxidation sites excluding steroid dienone is 1. The summed E-state index contributed by atoms with van der Waals surface area (Å²) in [7, 11) is 0. The number of unbranched alkanes of at least 4 members (excludes halogenated alkanes) is 1. The summed E-state index contributed by atoms with van der Waals surface area (Å²) in [5, 5.41) is 8.97. The first kappa shape index (κ1) is 16.3. The molecule has 0 bridgehead atoms. The number of carbonyl (C=O) groups is 2. The molecule has 1 aromatic rings. The Labute approximate surface area is 131 Å². The summed E-state index contributed by atoms with van der Waals surface area (Å²) in [6, 6.07) is 6.00. The molecule has 0 saturated heterocycles. The standard InChI is InChI=1S/C18H23NO3/c1-3-5-6-17(20)19-11-15-8-7-14(9-16(15)12-19)13(4-2)10-18(21)22/h4,7-9H,3,5-6,10-12H2,1-2H3,(H,21,22)/b13-4+. The van der Waals surface area contributed by atoms with Gasteiger partial charge in [0.15, 0.2) is 0 Å². The van der Waals surface area contributed by atoms with E-state index in [2.05, 4.69) is 6.92 Å². The first-order chi connectivity index (χ1) is 10.5. The van der Waals surface area contributed by atoms with E-state index in [9.17, 15) is 9.59 Å². The first-order valence-electron chi connectivity index (χ1n) is 7.82. The van der Waals surface area contributed by atoms with Gasteiger partial charge in [-0.05, 0) is 41.7 Å². The molecule has 0 spiro atoms. The monoisotopic (exact) mass is 301 g/mol. The minimum atomic E-state index is -0.829. The van der Waals surface area contributed by atoms with E-state index >= 15 is 0 Å². The maximum absolute atomic E-state index is 12.1.